The maximum atomic E-state index is 6.85. The van der Waals surface area contributed by atoms with E-state index in [9.17, 15) is 0 Å². The highest BCUT2D eigenvalue weighted by Crippen LogP contribution is 2.44. The van der Waals surface area contributed by atoms with Gasteiger partial charge in [-0.3, -0.25) is 0 Å². The van der Waals surface area contributed by atoms with E-state index in [0.717, 1.165) is 6.42 Å². The maximum absolute atomic E-state index is 6.85. The van der Waals surface area contributed by atoms with Crippen molar-refractivity contribution in [2.45, 2.75) is 98.5 Å². The SMILES string of the molecule is CCC(C)(C)O[Si](S)(CC(C)(C)C)[Si](CC)(CC)CC. The van der Waals surface area contributed by atoms with Gasteiger partial charge in [-0.15, -0.1) is 0 Å². The van der Waals surface area contributed by atoms with Crippen molar-refractivity contribution in [3.05, 3.63) is 0 Å². The van der Waals surface area contributed by atoms with Crippen LogP contribution in [0.5, 0.6) is 0 Å². The fourth-order valence-corrected chi connectivity index (χ4v) is 25.1. The summed E-state index contributed by atoms with van der Waals surface area (Å²) in [6.45, 7) is 18.9. The van der Waals surface area contributed by atoms with E-state index in [2.05, 4.69) is 62.3 Å². The van der Waals surface area contributed by atoms with Crippen LogP contribution in [0.2, 0.25) is 24.2 Å². The molecule has 0 saturated heterocycles. The minimum absolute atomic E-state index is 0.0308. The second kappa shape index (κ2) is 7.34. The summed E-state index contributed by atoms with van der Waals surface area (Å²) in [5.41, 5.74) is 0.270. The van der Waals surface area contributed by atoms with E-state index in [1.807, 2.05) is 0 Å². The van der Waals surface area contributed by atoms with Crippen molar-refractivity contribution in [2.24, 2.45) is 5.41 Å². The van der Waals surface area contributed by atoms with Crippen molar-refractivity contribution < 1.29 is 4.43 Å². The molecule has 0 aromatic carbocycles. The molecule has 0 rings (SSSR count). The monoisotopic (exact) mass is 334 g/mol. The molecule has 0 aliphatic carbocycles. The van der Waals surface area contributed by atoms with Crippen molar-refractivity contribution in [3.8, 4) is 0 Å². The molecule has 0 bridgehead atoms. The second-order valence-corrected chi connectivity index (χ2v) is 23.9. The predicted octanol–water partition coefficient (Wildman–Crippen LogP) is 6.20. The number of hydrogen-bond donors (Lipinski definition) is 1. The van der Waals surface area contributed by atoms with Crippen LogP contribution in [0.15, 0.2) is 0 Å². The Morgan fingerprint density at radius 2 is 1.25 bits per heavy atom. The van der Waals surface area contributed by atoms with Gasteiger partial charge in [0.25, 0.3) is 0 Å². The highest BCUT2D eigenvalue weighted by atomic mass is 32.3. The molecule has 1 atom stereocenters. The zero-order chi connectivity index (χ0) is 16.2. The Morgan fingerprint density at radius 3 is 1.50 bits per heavy atom. The summed E-state index contributed by atoms with van der Waals surface area (Å²) >= 11 is 5.36. The minimum Gasteiger partial charge on any atom is -0.405 e. The van der Waals surface area contributed by atoms with Crippen LogP contribution < -0.4 is 0 Å². The van der Waals surface area contributed by atoms with E-state index < -0.39 is 14.6 Å². The third-order valence-electron chi connectivity index (χ3n) is 4.93. The molecule has 0 fully saturated rings. The van der Waals surface area contributed by atoms with Crippen LogP contribution in [0.1, 0.15) is 68.7 Å². The standard InChI is InChI=1S/C16H38OSSi2/c1-10-16(8,9)17-20(18,14-15(5,6)7)19(11-2,12-3)13-4/h18H,10-14H2,1-9H3. The minimum atomic E-state index is -1.99. The number of thiol groups is 1. The number of hydrogen-bond acceptors (Lipinski definition) is 2. The van der Waals surface area contributed by atoms with E-state index in [1.165, 1.54) is 24.2 Å². The molecular formula is C16H38OSSi2. The van der Waals surface area contributed by atoms with Gasteiger partial charge in [0.05, 0.1) is 13.2 Å². The first kappa shape index (κ1) is 20.7. The van der Waals surface area contributed by atoms with Crippen LogP contribution in [-0.4, -0.2) is 20.2 Å². The largest absolute Gasteiger partial charge is 0.405 e. The van der Waals surface area contributed by atoms with Crippen molar-refractivity contribution >= 4 is 26.7 Å². The van der Waals surface area contributed by atoms with Gasteiger partial charge < -0.3 is 4.43 Å². The summed E-state index contributed by atoms with van der Waals surface area (Å²) in [4.78, 5) is 0. The van der Waals surface area contributed by atoms with Gasteiger partial charge in [0, 0.05) is 0 Å². The van der Waals surface area contributed by atoms with Crippen molar-refractivity contribution in [2.75, 3.05) is 0 Å². The highest BCUT2D eigenvalue weighted by Gasteiger charge is 2.54. The summed E-state index contributed by atoms with van der Waals surface area (Å²) in [5, 5.41) is 0. The lowest BCUT2D eigenvalue weighted by Gasteiger charge is -2.49. The molecule has 1 nitrogen and oxygen atoms in total. The van der Waals surface area contributed by atoms with Crippen LogP contribution in [-0.2, 0) is 4.43 Å². The molecule has 0 saturated carbocycles. The van der Waals surface area contributed by atoms with Gasteiger partial charge >= 0.3 is 0 Å². The molecule has 122 valence electrons. The Kier molecular flexibility index (Phi) is 7.61. The molecule has 1 unspecified atom stereocenters. The predicted molar refractivity (Wildman–Crippen MR) is 102 cm³/mol. The lowest BCUT2D eigenvalue weighted by Crippen LogP contribution is -2.64. The summed E-state index contributed by atoms with van der Waals surface area (Å²) in [6, 6.07) is 5.11. The first-order valence-electron chi connectivity index (χ1n) is 8.33. The quantitative estimate of drug-likeness (QED) is 0.411. The lowest BCUT2D eigenvalue weighted by atomic mass is 10.0. The van der Waals surface area contributed by atoms with E-state index in [-0.39, 0.29) is 5.60 Å². The maximum Gasteiger partial charge on any atom is 0.236 e. The third-order valence-corrected chi connectivity index (χ3v) is 27.1. The number of rotatable bonds is 8. The zero-order valence-corrected chi connectivity index (χ0v) is 18.3. The van der Waals surface area contributed by atoms with E-state index in [0.29, 0.717) is 5.41 Å². The molecule has 0 aliphatic rings. The van der Waals surface area contributed by atoms with Crippen molar-refractivity contribution in [1.29, 1.82) is 0 Å². The van der Waals surface area contributed by atoms with Gasteiger partial charge in [0.1, 0.15) is 0 Å². The normalized spacial score (nSPS) is 17.1. The highest BCUT2D eigenvalue weighted by molar-refractivity contribution is 8.22. The summed E-state index contributed by atoms with van der Waals surface area (Å²) in [7, 11) is -1.43. The molecule has 0 aromatic rings. The molecule has 20 heavy (non-hydrogen) atoms. The van der Waals surface area contributed by atoms with Crippen molar-refractivity contribution in [1.82, 2.24) is 0 Å². The van der Waals surface area contributed by atoms with Crippen LogP contribution in [0.25, 0.3) is 0 Å². The Morgan fingerprint density at radius 1 is 0.850 bits per heavy atom. The molecule has 0 heterocycles. The Balaban J connectivity index is 5.67. The van der Waals surface area contributed by atoms with Gasteiger partial charge in [-0.05, 0) is 31.7 Å². The molecule has 0 aliphatic heterocycles. The zero-order valence-electron chi connectivity index (χ0n) is 15.4. The van der Waals surface area contributed by atoms with E-state index in [4.69, 9.17) is 16.5 Å². The fraction of sp³-hybridized carbons (Fsp3) is 1.00. The van der Waals surface area contributed by atoms with Gasteiger partial charge in [-0.2, -0.15) is 12.1 Å². The fourth-order valence-electron chi connectivity index (χ4n) is 3.16. The molecule has 0 amide bonds. The Hall–Kier alpha value is 0.744. The van der Waals surface area contributed by atoms with Gasteiger partial charge in [-0.1, -0.05) is 66.6 Å². The van der Waals surface area contributed by atoms with Crippen LogP contribution in [0, 0.1) is 5.41 Å². The van der Waals surface area contributed by atoms with Crippen LogP contribution in [0.3, 0.4) is 0 Å². The molecular weight excluding hydrogens is 296 g/mol. The first-order valence-corrected chi connectivity index (χ1v) is 15.4. The van der Waals surface area contributed by atoms with Crippen molar-refractivity contribution in [3.63, 3.8) is 0 Å². The second-order valence-electron chi connectivity index (χ2n) is 8.08. The van der Waals surface area contributed by atoms with E-state index >= 15 is 0 Å². The topological polar surface area (TPSA) is 9.23 Å². The molecule has 4 heteroatoms. The average molecular weight is 335 g/mol. The summed E-state index contributed by atoms with van der Waals surface area (Å²) < 4.78 is 6.85. The molecule has 0 radical (unpaired) electrons. The lowest BCUT2D eigenvalue weighted by molar-refractivity contribution is 0.101. The smallest absolute Gasteiger partial charge is 0.236 e. The summed E-state index contributed by atoms with van der Waals surface area (Å²) in [6.07, 6.45) is 1.06. The van der Waals surface area contributed by atoms with Crippen LogP contribution in [0.4, 0.5) is 0 Å². The average Bonchev–Trinajstić information content (AvgIpc) is 2.28. The van der Waals surface area contributed by atoms with Gasteiger partial charge in [-0.25, -0.2) is 0 Å². The summed E-state index contributed by atoms with van der Waals surface area (Å²) in [5.74, 6) is 0. The molecule has 0 N–H and O–H groups in total. The Bertz CT molecular complexity index is 287. The van der Waals surface area contributed by atoms with Gasteiger partial charge in [0.2, 0.25) is 6.98 Å². The van der Waals surface area contributed by atoms with Gasteiger partial charge in [0.15, 0.2) is 0 Å². The first-order chi connectivity index (χ1) is 8.91. The molecule has 0 aromatic heterocycles. The van der Waals surface area contributed by atoms with Crippen LogP contribution >= 0.6 is 12.1 Å². The molecule has 0 spiro atoms. The Labute approximate surface area is 135 Å². The third kappa shape index (κ3) is 5.18. The van der Waals surface area contributed by atoms with E-state index in [1.54, 1.807) is 0 Å².